The number of thiophene rings is 1. The third kappa shape index (κ3) is 3.97. The molecule has 128 valence electrons. The van der Waals surface area contributed by atoms with Gasteiger partial charge in [0, 0.05) is 17.5 Å². The SMILES string of the molecule is C=CCNC(=O)CSc1nc2scc(-c3ccc(F)cc3)c2c(=O)[nH]1. The number of hydrogen-bond acceptors (Lipinski definition) is 5. The van der Waals surface area contributed by atoms with Crippen LogP contribution < -0.4 is 10.9 Å². The molecule has 2 N–H and O–H groups in total. The van der Waals surface area contributed by atoms with Gasteiger partial charge in [-0.25, -0.2) is 9.37 Å². The highest BCUT2D eigenvalue weighted by Gasteiger charge is 2.14. The minimum atomic E-state index is -0.330. The lowest BCUT2D eigenvalue weighted by atomic mass is 10.1. The van der Waals surface area contributed by atoms with Crippen LogP contribution >= 0.6 is 23.1 Å². The number of halogens is 1. The van der Waals surface area contributed by atoms with Crippen molar-refractivity contribution in [3.05, 3.63) is 58.5 Å². The molecule has 5 nitrogen and oxygen atoms in total. The summed E-state index contributed by atoms with van der Waals surface area (Å²) in [6, 6.07) is 5.96. The van der Waals surface area contributed by atoms with Gasteiger partial charge in [-0.2, -0.15) is 0 Å². The predicted molar refractivity (Wildman–Crippen MR) is 99.6 cm³/mol. The molecule has 0 unspecified atom stereocenters. The van der Waals surface area contributed by atoms with E-state index in [2.05, 4.69) is 21.9 Å². The molecule has 0 saturated heterocycles. The highest BCUT2D eigenvalue weighted by molar-refractivity contribution is 7.99. The Morgan fingerprint density at radius 2 is 2.16 bits per heavy atom. The van der Waals surface area contributed by atoms with Crippen molar-refractivity contribution in [1.29, 1.82) is 0 Å². The Balaban J connectivity index is 1.86. The lowest BCUT2D eigenvalue weighted by Gasteiger charge is -2.03. The smallest absolute Gasteiger partial charge is 0.260 e. The van der Waals surface area contributed by atoms with Gasteiger partial charge in [0.25, 0.3) is 5.56 Å². The number of carbonyl (C=O) groups is 1. The fraction of sp³-hybridized carbons (Fsp3) is 0.118. The minimum Gasteiger partial charge on any atom is -0.352 e. The molecule has 2 heterocycles. The molecule has 0 saturated carbocycles. The number of benzene rings is 1. The van der Waals surface area contributed by atoms with E-state index in [4.69, 9.17) is 0 Å². The number of amides is 1. The molecule has 8 heteroatoms. The van der Waals surface area contributed by atoms with Gasteiger partial charge in [0.15, 0.2) is 5.16 Å². The van der Waals surface area contributed by atoms with E-state index < -0.39 is 0 Å². The second-order valence-corrected chi connectivity index (χ2v) is 6.91. The Hall–Kier alpha value is -2.45. The molecular formula is C17H14FN3O2S2. The summed E-state index contributed by atoms with van der Waals surface area (Å²) in [6.45, 7) is 3.93. The summed E-state index contributed by atoms with van der Waals surface area (Å²) < 4.78 is 13.1. The highest BCUT2D eigenvalue weighted by Crippen LogP contribution is 2.31. The van der Waals surface area contributed by atoms with Crippen LogP contribution in [0.4, 0.5) is 4.39 Å². The van der Waals surface area contributed by atoms with E-state index in [1.54, 1.807) is 18.2 Å². The molecule has 25 heavy (non-hydrogen) atoms. The average molecular weight is 375 g/mol. The molecule has 0 fully saturated rings. The van der Waals surface area contributed by atoms with Crippen molar-refractivity contribution in [1.82, 2.24) is 15.3 Å². The summed E-state index contributed by atoms with van der Waals surface area (Å²) in [6.07, 6.45) is 1.59. The van der Waals surface area contributed by atoms with Crippen molar-refractivity contribution in [2.75, 3.05) is 12.3 Å². The number of carbonyl (C=O) groups excluding carboxylic acids is 1. The van der Waals surface area contributed by atoms with E-state index in [1.807, 2.05) is 5.38 Å². The number of aromatic nitrogens is 2. The second-order valence-electron chi connectivity index (χ2n) is 5.09. The zero-order valence-electron chi connectivity index (χ0n) is 13.0. The summed E-state index contributed by atoms with van der Waals surface area (Å²) in [5.41, 5.74) is 1.19. The molecular weight excluding hydrogens is 361 g/mol. The number of aromatic amines is 1. The minimum absolute atomic E-state index is 0.151. The van der Waals surface area contributed by atoms with Gasteiger partial charge in [-0.05, 0) is 17.7 Å². The number of rotatable bonds is 6. The van der Waals surface area contributed by atoms with Gasteiger partial charge in [0.2, 0.25) is 5.91 Å². The Kier molecular flexibility index (Phi) is 5.30. The number of thioether (sulfide) groups is 1. The van der Waals surface area contributed by atoms with Crippen LogP contribution in [0.5, 0.6) is 0 Å². The van der Waals surface area contributed by atoms with Gasteiger partial charge < -0.3 is 10.3 Å². The fourth-order valence-electron chi connectivity index (χ4n) is 2.21. The van der Waals surface area contributed by atoms with Crippen LogP contribution in [0.3, 0.4) is 0 Å². The van der Waals surface area contributed by atoms with Crippen molar-refractivity contribution < 1.29 is 9.18 Å². The number of nitrogens with zero attached hydrogens (tertiary/aromatic N) is 1. The van der Waals surface area contributed by atoms with E-state index in [0.717, 1.165) is 17.3 Å². The van der Waals surface area contributed by atoms with Gasteiger partial charge >= 0.3 is 0 Å². The van der Waals surface area contributed by atoms with Crippen molar-refractivity contribution in [3.8, 4) is 11.1 Å². The maximum Gasteiger partial charge on any atom is 0.260 e. The van der Waals surface area contributed by atoms with Gasteiger partial charge in [0.1, 0.15) is 10.6 Å². The summed E-state index contributed by atoms with van der Waals surface area (Å²) >= 11 is 2.50. The van der Waals surface area contributed by atoms with Crippen molar-refractivity contribution in [3.63, 3.8) is 0 Å². The van der Waals surface area contributed by atoms with Crippen molar-refractivity contribution >= 4 is 39.2 Å². The number of H-pyrrole nitrogens is 1. The predicted octanol–water partition coefficient (Wildman–Crippen LogP) is 3.19. The maximum absolute atomic E-state index is 13.1. The van der Waals surface area contributed by atoms with Gasteiger partial charge in [-0.1, -0.05) is 30.0 Å². The van der Waals surface area contributed by atoms with E-state index in [-0.39, 0.29) is 23.0 Å². The number of nitrogens with one attached hydrogen (secondary N) is 2. The normalized spacial score (nSPS) is 10.8. The van der Waals surface area contributed by atoms with Crippen LogP contribution in [0.1, 0.15) is 0 Å². The fourth-order valence-corrected chi connectivity index (χ4v) is 3.91. The first-order valence-corrected chi connectivity index (χ1v) is 9.23. The topological polar surface area (TPSA) is 74.8 Å². The summed E-state index contributed by atoms with van der Waals surface area (Å²) in [4.78, 5) is 31.7. The van der Waals surface area contributed by atoms with Gasteiger partial charge in [0.05, 0.1) is 11.1 Å². The molecule has 0 aliphatic heterocycles. The summed E-state index contributed by atoms with van der Waals surface area (Å²) in [5, 5.41) is 5.34. The summed E-state index contributed by atoms with van der Waals surface area (Å²) in [7, 11) is 0. The third-order valence-corrected chi connectivity index (χ3v) is 5.11. The van der Waals surface area contributed by atoms with Crippen LogP contribution in [0.15, 0.2) is 52.3 Å². The van der Waals surface area contributed by atoms with E-state index in [9.17, 15) is 14.0 Å². The quantitative estimate of drug-likeness (QED) is 0.394. The molecule has 0 spiro atoms. The Morgan fingerprint density at radius 1 is 1.40 bits per heavy atom. The zero-order chi connectivity index (χ0) is 17.8. The first kappa shape index (κ1) is 17.4. The molecule has 0 aliphatic carbocycles. The molecule has 2 aromatic heterocycles. The molecule has 0 bridgehead atoms. The first-order valence-electron chi connectivity index (χ1n) is 7.36. The van der Waals surface area contributed by atoms with Crippen molar-refractivity contribution in [2.45, 2.75) is 5.16 Å². The Bertz CT molecular complexity index is 980. The molecule has 1 aromatic carbocycles. The lowest BCUT2D eigenvalue weighted by Crippen LogP contribution is -2.25. The third-order valence-electron chi connectivity index (χ3n) is 3.36. The molecule has 3 aromatic rings. The molecule has 1 amide bonds. The van der Waals surface area contributed by atoms with Crippen LogP contribution in [-0.2, 0) is 4.79 Å². The Labute approximate surface area is 151 Å². The van der Waals surface area contributed by atoms with Crippen LogP contribution in [0.25, 0.3) is 21.3 Å². The van der Waals surface area contributed by atoms with Crippen LogP contribution in [0.2, 0.25) is 0 Å². The largest absolute Gasteiger partial charge is 0.352 e. The molecule has 3 rings (SSSR count). The average Bonchev–Trinajstić information content (AvgIpc) is 3.03. The Morgan fingerprint density at radius 3 is 2.88 bits per heavy atom. The van der Waals surface area contributed by atoms with Crippen LogP contribution in [-0.4, -0.2) is 28.2 Å². The van der Waals surface area contributed by atoms with Gasteiger partial charge in [-0.3, -0.25) is 9.59 Å². The lowest BCUT2D eigenvalue weighted by molar-refractivity contribution is -0.118. The maximum atomic E-state index is 13.1. The molecule has 0 radical (unpaired) electrons. The monoisotopic (exact) mass is 375 g/mol. The second kappa shape index (κ2) is 7.62. The zero-order valence-corrected chi connectivity index (χ0v) is 14.7. The highest BCUT2D eigenvalue weighted by atomic mass is 32.2. The van der Waals surface area contributed by atoms with Crippen LogP contribution in [0, 0.1) is 5.82 Å². The van der Waals surface area contributed by atoms with E-state index in [0.29, 0.717) is 27.5 Å². The molecule has 0 aliphatic rings. The summed E-state index contributed by atoms with van der Waals surface area (Å²) in [5.74, 6) is -0.340. The number of fused-ring (bicyclic) bond motifs is 1. The standard InChI is InChI=1S/C17H14FN3O2S2/c1-2-7-19-13(22)9-25-17-20-15(23)14-12(8-24-16(14)21-17)10-3-5-11(18)6-4-10/h2-6,8H,1,7,9H2,(H,19,22)(H,20,21,23). The molecule has 0 atom stereocenters. The number of hydrogen-bond donors (Lipinski definition) is 2. The van der Waals surface area contributed by atoms with Crippen molar-refractivity contribution in [2.24, 2.45) is 0 Å². The van der Waals surface area contributed by atoms with E-state index >= 15 is 0 Å². The van der Waals surface area contributed by atoms with Gasteiger partial charge in [-0.15, -0.1) is 17.9 Å². The first-order chi connectivity index (χ1) is 12.1. The van der Waals surface area contributed by atoms with E-state index in [1.165, 1.54) is 23.5 Å².